The summed E-state index contributed by atoms with van der Waals surface area (Å²) in [6, 6.07) is 9.29. The van der Waals surface area contributed by atoms with Crippen molar-refractivity contribution in [2.75, 3.05) is 5.32 Å². The quantitative estimate of drug-likeness (QED) is 0.458. The maximum absolute atomic E-state index is 13.0. The van der Waals surface area contributed by atoms with Gasteiger partial charge in [0, 0.05) is 36.2 Å². The molecule has 1 unspecified atom stereocenters. The van der Waals surface area contributed by atoms with Gasteiger partial charge < -0.3 is 15.5 Å². The van der Waals surface area contributed by atoms with E-state index in [-0.39, 0.29) is 30.0 Å². The molecule has 37 heavy (non-hydrogen) atoms. The molecule has 9 nitrogen and oxygen atoms in total. The number of benzene rings is 2. The Bertz CT molecular complexity index is 1280. The number of piperidine rings is 1. The first-order valence-corrected chi connectivity index (χ1v) is 12.6. The van der Waals surface area contributed by atoms with Gasteiger partial charge in [-0.15, -0.1) is 0 Å². The van der Waals surface area contributed by atoms with Gasteiger partial charge in [-0.2, -0.15) is 0 Å². The molecule has 0 bridgehead atoms. The van der Waals surface area contributed by atoms with Crippen LogP contribution >= 0.6 is 11.6 Å². The SMILES string of the molecule is CC(=O)N[C@@H](CCCc1cccc2c1CN(C1CCC(=O)NC1=O)C2=O)C(=O)Nc1ccc(C)c(Cl)c1. The number of anilines is 1. The number of amides is 5. The highest BCUT2D eigenvalue weighted by Crippen LogP contribution is 2.30. The molecule has 0 saturated carbocycles. The van der Waals surface area contributed by atoms with Crippen LogP contribution in [0, 0.1) is 6.92 Å². The second kappa shape index (κ2) is 11.1. The lowest BCUT2D eigenvalue weighted by Crippen LogP contribution is -2.52. The van der Waals surface area contributed by atoms with E-state index >= 15 is 0 Å². The van der Waals surface area contributed by atoms with E-state index in [1.807, 2.05) is 13.0 Å². The van der Waals surface area contributed by atoms with E-state index in [2.05, 4.69) is 16.0 Å². The number of carbonyl (C=O) groups is 5. The van der Waals surface area contributed by atoms with E-state index in [9.17, 15) is 24.0 Å². The lowest BCUT2D eigenvalue weighted by Gasteiger charge is -2.29. The minimum Gasteiger partial charge on any atom is -0.345 e. The summed E-state index contributed by atoms with van der Waals surface area (Å²) in [6.07, 6.45) is 2.05. The highest BCUT2D eigenvalue weighted by atomic mass is 35.5. The van der Waals surface area contributed by atoms with Gasteiger partial charge >= 0.3 is 0 Å². The summed E-state index contributed by atoms with van der Waals surface area (Å²) in [4.78, 5) is 63.1. The Labute approximate surface area is 219 Å². The monoisotopic (exact) mass is 524 g/mol. The fraction of sp³-hybridized carbons (Fsp3) is 0.370. The molecule has 1 saturated heterocycles. The first-order chi connectivity index (χ1) is 17.6. The van der Waals surface area contributed by atoms with Crippen LogP contribution < -0.4 is 16.0 Å². The average Bonchev–Trinajstić information content (AvgIpc) is 3.17. The molecule has 2 aliphatic heterocycles. The average molecular weight is 525 g/mol. The van der Waals surface area contributed by atoms with Crippen molar-refractivity contribution >= 4 is 46.8 Å². The van der Waals surface area contributed by atoms with Gasteiger partial charge in [0.25, 0.3) is 5.91 Å². The van der Waals surface area contributed by atoms with E-state index in [0.717, 1.165) is 16.7 Å². The van der Waals surface area contributed by atoms with Crippen LogP contribution in [-0.2, 0) is 32.1 Å². The number of carbonyl (C=O) groups excluding carboxylic acids is 5. The normalized spacial score (nSPS) is 17.8. The maximum Gasteiger partial charge on any atom is 0.255 e. The van der Waals surface area contributed by atoms with E-state index in [1.54, 1.807) is 30.3 Å². The number of hydrogen-bond donors (Lipinski definition) is 3. The molecular weight excluding hydrogens is 496 g/mol. The molecule has 5 amide bonds. The molecule has 10 heteroatoms. The highest BCUT2D eigenvalue weighted by Gasteiger charge is 2.39. The molecule has 0 aliphatic carbocycles. The Balaban J connectivity index is 1.41. The molecule has 194 valence electrons. The fourth-order valence-electron chi connectivity index (χ4n) is 4.79. The molecule has 0 radical (unpaired) electrons. The lowest BCUT2D eigenvalue weighted by atomic mass is 9.97. The molecule has 4 rings (SSSR count). The van der Waals surface area contributed by atoms with Crippen molar-refractivity contribution in [2.45, 2.75) is 64.6 Å². The standard InChI is InChI=1S/C27H29ClN4O5/c1-15-9-10-18(13-21(15)28)30-25(35)22(29-16(2)33)8-4-6-17-5-3-7-19-20(17)14-32(27(19)37)23-11-12-24(34)31-26(23)36/h3,5,7,9-10,13,22-23H,4,6,8,11-12,14H2,1-2H3,(H,29,33)(H,30,35)(H,31,34,36)/t22-,23?/m0/s1. The molecule has 1 fully saturated rings. The van der Waals surface area contributed by atoms with Crippen molar-refractivity contribution in [3.05, 3.63) is 63.7 Å². The molecule has 0 aromatic heterocycles. The molecule has 3 N–H and O–H groups in total. The largest absolute Gasteiger partial charge is 0.345 e. The van der Waals surface area contributed by atoms with Crippen LogP contribution in [0.5, 0.6) is 0 Å². The Kier molecular flexibility index (Phi) is 7.92. The predicted molar refractivity (Wildman–Crippen MR) is 138 cm³/mol. The smallest absolute Gasteiger partial charge is 0.255 e. The van der Waals surface area contributed by atoms with Crippen molar-refractivity contribution in [1.82, 2.24) is 15.5 Å². The third kappa shape index (κ3) is 5.99. The van der Waals surface area contributed by atoms with Gasteiger partial charge in [-0.05, 0) is 67.5 Å². The number of halogens is 1. The molecule has 2 aliphatic rings. The van der Waals surface area contributed by atoms with Crippen LogP contribution in [0.25, 0.3) is 0 Å². The Morgan fingerprint density at radius 2 is 1.97 bits per heavy atom. The number of aryl methyl sites for hydroxylation is 2. The Morgan fingerprint density at radius 1 is 1.19 bits per heavy atom. The first-order valence-electron chi connectivity index (χ1n) is 12.2. The van der Waals surface area contributed by atoms with E-state index in [0.29, 0.717) is 48.5 Å². The van der Waals surface area contributed by atoms with Crippen LogP contribution in [-0.4, -0.2) is 46.5 Å². The number of nitrogens with zero attached hydrogens (tertiary/aromatic N) is 1. The third-order valence-electron chi connectivity index (χ3n) is 6.75. The van der Waals surface area contributed by atoms with Gasteiger partial charge in [-0.1, -0.05) is 29.8 Å². The van der Waals surface area contributed by atoms with Gasteiger partial charge in [0.15, 0.2) is 0 Å². The van der Waals surface area contributed by atoms with Crippen molar-refractivity contribution in [3.8, 4) is 0 Å². The topological polar surface area (TPSA) is 125 Å². The van der Waals surface area contributed by atoms with Crippen molar-refractivity contribution in [1.29, 1.82) is 0 Å². The van der Waals surface area contributed by atoms with Crippen LogP contribution in [0.2, 0.25) is 5.02 Å². The second-order valence-corrected chi connectivity index (χ2v) is 9.85. The number of hydrogen-bond acceptors (Lipinski definition) is 5. The lowest BCUT2D eigenvalue weighted by molar-refractivity contribution is -0.137. The number of fused-ring (bicyclic) bond motifs is 1. The van der Waals surface area contributed by atoms with Gasteiger partial charge in [-0.3, -0.25) is 29.3 Å². The van der Waals surface area contributed by atoms with Crippen LogP contribution in [0.4, 0.5) is 5.69 Å². The molecule has 0 spiro atoms. The van der Waals surface area contributed by atoms with Gasteiger partial charge in [0.1, 0.15) is 12.1 Å². The summed E-state index contributed by atoms with van der Waals surface area (Å²) in [5.41, 5.74) is 3.79. The van der Waals surface area contributed by atoms with Crippen LogP contribution in [0.1, 0.15) is 59.7 Å². The van der Waals surface area contributed by atoms with Crippen molar-refractivity contribution in [3.63, 3.8) is 0 Å². The van der Waals surface area contributed by atoms with Gasteiger partial charge in [0.05, 0.1) is 0 Å². The molecule has 2 aromatic rings. The first kappa shape index (κ1) is 26.3. The highest BCUT2D eigenvalue weighted by molar-refractivity contribution is 6.31. The molecule has 2 aromatic carbocycles. The van der Waals surface area contributed by atoms with Gasteiger partial charge in [-0.25, -0.2) is 0 Å². The zero-order valence-electron chi connectivity index (χ0n) is 20.7. The van der Waals surface area contributed by atoms with Crippen LogP contribution in [0.15, 0.2) is 36.4 Å². The maximum atomic E-state index is 13.0. The fourth-order valence-corrected chi connectivity index (χ4v) is 4.98. The Morgan fingerprint density at radius 3 is 2.68 bits per heavy atom. The summed E-state index contributed by atoms with van der Waals surface area (Å²) in [7, 11) is 0. The summed E-state index contributed by atoms with van der Waals surface area (Å²) in [5.74, 6) is -1.65. The summed E-state index contributed by atoms with van der Waals surface area (Å²) in [5, 5.41) is 8.37. The zero-order chi connectivity index (χ0) is 26.7. The summed E-state index contributed by atoms with van der Waals surface area (Å²) < 4.78 is 0. The Hall–Kier alpha value is -3.72. The van der Waals surface area contributed by atoms with E-state index in [1.165, 1.54) is 11.8 Å². The van der Waals surface area contributed by atoms with E-state index < -0.39 is 18.0 Å². The summed E-state index contributed by atoms with van der Waals surface area (Å²) >= 11 is 6.16. The number of rotatable bonds is 8. The second-order valence-electron chi connectivity index (χ2n) is 9.44. The van der Waals surface area contributed by atoms with Crippen molar-refractivity contribution < 1.29 is 24.0 Å². The minimum absolute atomic E-state index is 0.199. The van der Waals surface area contributed by atoms with Crippen LogP contribution in [0.3, 0.4) is 0 Å². The summed E-state index contributed by atoms with van der Waals surface area (Å²) in [6.45, 7) is 3.52. The number of nitrogens with one attached hydrogen (secondary N) is 3. The molecule has 2 atom stereocenters. The minimum atomic E-state index is -0.740. The number of imide groups is 1. The van der Waals surface area contributed by atoms with E-state index in [4.69, 9.17) is 11.6 Å². The molecule has 2 heterocycles. The third-order valence-corrected chi connectivity index (χ3v) is 7.16. The van der Waals surface area contributed by atoms with Crippen molar-refractivity contribution in [2.24, 2.45) is 0 Å². The van der Waals surface area contributed by atoms with Gasteiger partial charge in [0.2, 0.25) is 23.6 Å². The zero-order valence-corrected chi connectivity index (χ0v) is 21.5. The molecular formula is C27H29ClN4O5. The predicted octanol–water partition coefficient (Wildman–Crippen LogP) is 2.88.